The topological polar surface area (TPSA) is 40.5 Å². The quantitative estimate of drug-likeness (QED) is 0.0987. The van der Waals surface area contributed by atoms with Gasteiger partial charge in [0.1, 0.15) is 0 Å². The molecule has 0 saturated heterocycles. The van der Waals surface area contributed by atoms with Crippen molar-refractivity contribution in [3.63, 3.8) is 0 Å². The van der Waals surface area contributed by atoms with Gasteiger partial charge in [-0.3, -0.25) is 0 Å². The molecule has 196 valence electrons. The Kier molecular flexibility index (Phi) is 25.5. The standard InChI is InChI=1S/C31H60O2/c1-3-5-7-9-11-13-14-15-16-17-18-19-20-22-24-26-28-31(29-32,30-33)27-25-23-21-12-10-8-6-4-2/h11,13,15-16,32-33H,3-10,12,14,17-30H2,1-2H3/b13-11-,16-15-. The first-order chi connectivity index (χ1) is 16.2. The van der Waals surface area contributed by atoms with Crippen molar-refractivity contribution in [3.05, 3.63) is 24.3 Å². The molecule has 0 unspecified atom stereocenters. The molecule has 2 N–H and O–H groups in total. The minimum Gasteiger partial charge on any atom is -0.396 e. The summed E-state index contributed by atoms with van der Waals surface area (Å²) in [5.74, 6) is 0. The van der Waals surface area contributed by atoms with Crippen molar-refractivity contribution in [2.24, 2.45) is 5.41 Å². The Morgan fingerprint density at radius 2 is 0.818 bits per heavy atom. The van der Waals surface area contributed by atoms with Gasteiger partial charge in [-0.1, -0.05) is 134 Å². The van der Waals surface area contributed by atoms with Gasteiger partial charge in [0, 0.05) is 5.41 Å². The Balaban J connectivity index is 3.64. The molecule has 0 saturated carbocycles. The first-order valence-corrected chi connectivity index (χ1v) is 14.8. The lowest BCUT2D eigenvalue weighted by atomic mass is 9.79. The van der Waals surface area contributed by atoms with Crippen LogP contribution in [0.15, 0.2) is 24.3 Å². The van der Waals surface area contributed by atoms with Gasteiger partial charge in [0.25, 0.3) is 0 Å². The second kappa shape index (κ2) is 26.0. The molecular weight excluding hydrogens is 404 g/mol. The molecule has 2 heteroatoms. The largest absolute Gasteiger partial charge is 0.396 e. The summed E-state index contributed by atoms with van der Waals surface area (Å²) in [5.41, 5.74) is -0.239. The van der Waals surface area contributed by atoms with Crippen molar-refractivity contribution in [1.29, 1.82) is 0 Å². The molecule has 0 amide bonds. The van der Waals surface area contributed by atoms with Crippen molar-refractivity contribution in [3.8, 4) is 0 Å². The first kappa shape index (κ1) is 32.4. The number of rotatable bonds is 26. The molecule has 0 heterocycles. The maximum atomic E-state index is 9.93. The summed E-state index contributed by atoms with van der Waals surface area (Å²) in [5, 5.41) is 19.9. The fourth-order valence-electron chi connectivity index (χ4n) is 4.61. The average molecular weight is 465 g/mol. The second-order valence-electron chi connectivity index (χ2n) is 10.4. The Morgan fingerprint density at radius 3 is 1.27 bits per heavy atom. The van der Waals surface area contributed by atoms with Crippen molar-refractivity contribution in [2.75, 3.05) is 13.2 Å². The van der Waals surface area contributed by atoms with E-state index >= 15 is 0 Å². The summed E-state index contributed by atoms with van der Waals surface area (Å²) in [6.45, 7) is 4.80. The lowest BCUT2D eigenvalue weighted by molar-refractivity contribution is 0.0353. The van der Waals surface area contributed by atoms with E-state index in [1.54, 1.807) is 0 Å². The highest BCUT2D eigenvalue weighted by molar-refractivity contribution is 4.92. The van der Waals surface area contributed by atoms with Crippen LogP contribution in [-0.4, -0.2) is 23.4 Å². The molecule has 2 nitrogen and oxygen atoms in total. The molecule has 0 radical (unpaired) electrons. The molecular formula is C31H60O2. The molecule has 0 aliphatic carbocycles. The summed E-state index contributed by atoms with van der Waals surface area (Å²) >= 11 is 0. The zero-order chi connectivity index (χ0) is 24.3. The van der Waals surface area contributed by atoms with E-state index in [0.717, 1.165) is 32.1 Å². The molecule has 0 aliphatic rings. The number of hydrogen-bond donors (Lipinski definition) is 2. The molecule has 0 rings (SSSR count). The number of unbranched alkanes of at least 4 members (excludes halogenated alkanes) is 16. The Morgan fingerprint density at radius 1 is 0.455 bits per heavy atom. The smallest absolute Gasteiger partial charge is 0.0509 e. The lowest BCUT2D eigenvalue weighted by Gasteiger charge is -2.30. The molecule has 0 fully saturated rings. The predicted molar refractivity (Wildman–Crippen MR) is 148 cm³/mol. The lowest BCUT2D eigenvalue weighted by Crippen LogP contribution is -2.29. The van der Waals surface area contributed by atoms with Crippen LogP contribution in [0.5, 0.6) is 0 Å². The number of aliphatic hydroxyl groups is 2. The van der Waals surface area contributed by atoms with Gasteiger partial charge in [-0.2, -0.15) is 0 Å². The van der Waals surface area contributed by atoms with Crippen LogP contribution in [0, 0.1) is 5.41 Å². The minimum atomic E-state index is -0.239. The highest BCUT2D eigenvalue weighted by atomic mass is 16.3. The van der Waals surface area contributed by atoms with E-state index < -0.39 is 0 Å². The van der Waals surface area contributed by atoms with Crippen molar-refractivity contribution < 1.29 is 10.2 Å². The van der Waals surface area contributed by atoms with Gasteiger partial charge in [0.05, 0.1) is 13.2 Å². The second-order valence-corrected chi connectivity index (χ2v) is 10.4. The zero-order valence-corrected chi connectivity index (χ0v) is 22.7. The first-order valence-electron chi connectivity index (χ1n) is 14.8. The van der Waals surface area contributed by atoms with E-state index in [1.807, 2.05) is 0 Å². The highest BCUT2D eigenvalue weighted by Crippen LogP contribution is 2.31. The van der Waals surface area contributed by atoms with Crippen LogP contribution in [0.4, 0.5) is 0 Å². The number of aliphatic hydroxyl groups excluding tert-OH is 2. The van der Waals surface area contributed by atoms with Crippen molar-refractivity contribution in [2.45, 2.75) is 155 Å². The van der Waals surface area contributed by atoms with Gasteiger partial charge < -0.3 is 10.2 Å². The number of hydrogen-bond acceptors (Lipinski definition) is 2. The third-order valence-electron chi connectivity index (χ3n) is 7.14. The van der Waals surface area contributed by atoms with Crippen LogP contribution >= 0.6 is 0 Å². The van der Waals surface area contributed by atoms with E-state index in [2.05, 4.69) is 38.2 Å². The summed E-state index contributed by atoms with van der Waals surface area (Å²) in [6, 6.07) is 0. The zero-order valence-electron chi connectivity index (χ0n) is 22.7. The highest BCUT2D eigenvalue weighted by Gasteiger charge is 2.27. The molecule has 0 aromatic carbocycles. The molecule has 0 atom stereocenters. The van der Waals surface area contributed by atoms with Crippen molar-refractivity contribution >= 4 is 0 Å². The maximum Gasteiger partial charge on any atom is 0.0509 e. The van der Waals surface area contributed by atoms with Gasteiger partial charge in [-0.05, 0) is 44.9 Å². The van der Waals surface area contributed by atoms with E-state index in [-0.39, 0.29) is 18.6 Å². The van der Waals surface area contributed by atoms with Gasteiger partial charge >= 0.3 is 0 Å². The SMILES string of the molecule is CCCCC/C=C\C/C=C\CCCCCCCCC(CO)(CO)CCCCCCCCCC. The Hall–Kier alpha value is -0.600. The van der Waals surface area contributed by atoms with E-state index in [9.17, 15) is 10.2 Å². The van der Waals surface area contributed by atoms with E-state index in [4.69, 9.17) is 0 Å². The molecule has 33 heavy (non-hydrogen) atoms. The molecule has 0 aromatic heterocycles. The molecule has 0 bridgehead atoms. The molecule has 0 aliphatic heterocycles. The van der Waals surface area contributed by atoms with Crippen LogP contribution in [0.25, 0.3) is 0 Å². The number of allylic oxidation sites excluding steroid dienone is 4. The minimum absolute atomic E-state index is 0.139. The monoisotopic (exact) mass is 464 g/mol. The van der Waals surface area contributed by atoms with Crippen LogP contribution in [0.1, 0.15) is 155 Å². The van der Waals surface area contributed by atoms with Crippen LogP contribution in [0.2, 0.25) is 0 Å². The molecule has 0 aromatic rings. The predicted octanol–water partition coefficient (Wildman–Crippen LogP) is 9.69. The summed E-state index contributed by atoms with van der Waals surface area (Å²) in [7, 11) is 0. The Labute approximate surface area is 208 Å². The fourth-order valence-corrected chi connectivity index (χ4v) is 4.61. The third-order valence-corrected chi connectivity index (χ3v) is 7.14. The van der Waals surface area contributed by atoms with Crippen molar-refractivity contribution in [1.82, 2.24) is 0 Å². The van der Waals surface area contributed by atoms with E-state index in [1.165, 1.54) is 109 Å². The van der Waals surface area contributed by atoms with Gasteiger partial charge in [-0.15, -0.1) is 0 Å². The Bertz CT molecular complexity index is 423. The van der Waals surface area contributed by atoms with Crippen LogP contribution in [0.3, 0.4) is 0 Å². The fraction of sp³-hybridized carbons (Fsp3) is 0.871. The summed E-state index contributed by atoms with van der Waals surface area (Å²) in [6.07, 6.45) is 36.8. The van der Waals surface area contributed by atoms with Gasteiger partial charge in [0.15, 0.2) is 0 Å². The van der Waals surface area contributed by atoms with Gasteiger partial charge in [0.2, 0.25) is 0 Å². The normalized spacial score (nSPS) is 12.5. The van der Waals surface area contributed by atoms with Gasteiger partial charge in [-0.25, -0.2) is 0 Å². The van der Waals surface area contributed by atoms with E-state index in [0.29, 0.717) is 0 Å². The summed E-state index contributed by atoms with van der Waals surface area (Å²) < 4.78 is 0. The van der Waals surface area contributed by atoms with Crippen LogP contribution < -0.4 is 0 Å². The third kappa shape index (κ3) is 21.7. The maximum absolute atomic E-state index is 9.93. The molecule has 0 spiro atoms. The average Bonchev–Trinajstić information content (AvgIpc) is 2.84. The van der Waals surface area contributed by atoms with Crippen LogP contribution in [-0.2, 0) is 0 Å². The summed E-state index contributed by atoms with van der Waals surface area (Å²) in [4.78, 5) is 0.